The lowest BCUT2D eigenvalue weighted by molar-refractivity contribution is -0.113. The average molecular weight is 299 g/mol. The van der Waals surface area contributed by atoms with E-state index in [2.05, 4.69) is 11.9 Å². The lowest BCUT2D eigenvalue weighted by Gasteiger charge is -2.25. The van der Waals surface area contributed by atoms with E-state index in [0.717, 1.165) is 0 Å². The minimum atomic E-state index is -1.55. The predicted molar refractivity (Wildman–Crippen MR) is 81.6 cm³/mol. The van der Waals surface area contributed by atoms with Crippen LogP contribution in [-0.4, -0.2) is 70.1 Å². The van der Waals surface area contributed by atoms with Gasteiger partial charge in [-0.3, -0.25) is 0 Å². The summed E-state index contributed by atoms with van der Waals surface area (Å²) in [5.41, 5.74) is 1.17. The van der Waals surface area contributed by atoms with Crippen molar-refractivity contribution >= 4 is 6.08 Å². The zero-order valence-corrected chi connectivity index (χ0v) is 12.1. The Bertz CT molecular complexity index is 374. The summed E-state index contributed by atoms with van der Waals surface area (Å²) < 4.78 is 0. The smallest absolute Gasteiger partial charge is 0.111 e. The molecule has 1 aromatic carbocycles. The van der Waals surface area contributed by atoms with Crippen LogP contribution in [0.2, 0.25) is 0 Å². The largest absolute Gasteiger partial charge is 0.394 e. The van der Waals surface area contributed by atoms with Crippen molar-refractivity contribution in [2.45, 2.75) is 24.4 Å². The van der Waals surface area contributed by atoms with Crippen molar-refractivity contribution in [1.29, 1.82) is 0 Å². The highest BCUT2D eigenvalue weighted by molar-refractivity contribution is 5.45. The van der Waals surface area contributed by atoms with Crippen LogP contribution in [0, 0.1) is 0 Å². The van der Waals surface area contributed by atoms with E-state index in [1.807, 2.05) is 36.4 Å². The predicted octanol–water partition coefficient (Wildman–Crippen LogP) is -1.03. The molecule has 0 aliphatic rings. The van der Waals surface area contributed by atoms with E-state index in [1.165, 1.54) is 5.56 Å². The van der Waals surface area contributed by atoms with Gasteiger partial charge in [0, 0.05) is 6.54 Å². The van der Waals surface area contributed by atoms with E-state index in [-0.39, 0.29) is 6.54 Å². The van der Waals surface area contributed by atoms with Crippen LogP contribution in [0.1, 0.15) is 5.56 Å². The van der Waals surface area contributed by atoms with Crippen LogP contribution in [0.3, 0.4) is 0 Å². The van der Waals surface area contributed by atoms with E-state index in [1.54, 1.807) is 7.05 Å². The van der Waals surface area contributed by atoms with Gasteiger partial charge in [-0.05, 0) is 12.6 Å². The molecule has 6 nitrogen and oxygen atoms in total. The van der Waals surface area contributed by atoms with Gasteiger partial charge in [0.25, 0.3) is 0 Å². The summed E-state index contributed by atoms with van der Waals surface area (Å²) >= 11 is 0. The van der Waals surface area contributed by atoms with Crippen molar-refractivity contribution in [2.75, 3.05) is 20.2 Å². The highest BCUT2D eigenvalue weighted by Gasteiger charge is 2.29. The summed E-state index contributed by atoms with van der Waals surface area (Å²) in [4.78, 5) is 0. The Hall–Kier alpha value is -1.28. The normalized spacial score (nSPS) is 16.1. The molecule has 0 aliphatic carbocycles. The first-order valence-electron chi connectivity index (χ1n) is 6.63. The van der Waals surface area contributed by atoms with Crippen LogP contribution >= 0.6 is 0 Å². The molecule has 1 aromatic rings. The number of hydrogen-bond donors (Lipinski definition) is 6. The first-order chi connectivity index (χ1) is 9.97. The fourth-order valence-electron chi connectivity index (χ4n) is 1.48. The summed E-state index contributed by atoms with van der Waals surface area (Å²) in [6.45, 7) is 3.06. The zero-order chi connectivity index (χ0) is 16.3. The Morgan fingerprint density at radius 2 is 1.57 bits per heavy atom. The third-order valence-corrected chi connectivity index (χ3v) is 2.77. The maximum atomic E-state index is 9.21. The third-order valence-electron chi connectivity index (χ3n) is 2.77. The highest BCUT2D eigenvalue weighted by Crippen LogP contribution is 2.04. The lowest BCUT2D eigenvalue weighted by Crippen LogP contribution is -2.48. The molecule has 0 radical (unpaired) electrons. The molecular formula is C15H25NO5. The van der Waals surface area contributed by atoms with Crippen molar-refractivity contribution in [1.82, 2.24) is 5.32 Å². The molecule has 0 amide bonds. The monoisotopic (exact) mass is 299 g/mol. The molecule has 6 N–H and O–H groups in total. The molecule has 0 fully saturated rings. The van der Waals surface area contributed by atoms with Gasteiger partial charge < -0.3 is 30.8 Å². The summed E-state index contributed by atoms with van der Waals surface area (Å²) in [7, 11) is 1.57. The van der Waals surface area contributed by atoms with Crippen molar-refractivity contribution in [3.8, 4) is 0 Å². The van der Waals surface area contributed by atoms with Gasteiger partial charge in [0.15, 0.2) is 0 Å². The highest BCUT2D eigenvalue weighted by atomic mass is 16.4. The summed E-state index contributed by atoms with van der Waals surface area (Å²) in [5.74, 6) is 0. The number of aliphatic hydroxyl groups excluding tert-OH is 5. The Morgan fingerprint density at radius 3 is 1.95 bits per heavy atom. The van der Waals surface area contributed by atoms with Crippen LogP contribution in [0.4, 0.5) is 0 Å². The van der Waals surface area contributed by atoms with Crippen LogP contribution in [0.5, 0.6) is 0 Å². The van der Waals surface area contributed by atoms with E-state index in [9.17, 15) is 5.11 Å². The molecule has 6 heteroatoms. The Morgan fingerprint density at radius 1 is 1.05 bits per heavy atom. The fraction of sp³-hybridized carbons (Fsp3) is 0.467. The number of hydrogen-bond acceptors (Lipinski definition) is 6. The van der Waals surface area contributed by atoms with Gasteiger partial charge in [0.05, 0.1) is 12.7 Å². The van der Waals surface area contributed by atoms with Gasteiger partial charge in [-0.1, -0.05) is 43.0 Å². The average Bonchev–Trinajstić information content (AvgIpc) is 2.54. The number of rotatable bonds is 7. The topological polar surface area (TPSA) is 113 Å². The van der Waals surface area contributed by atoms with Crippen molar-refractivity contribution in [3.05, 3.63) is 42.5 Å². The van der Waals surface area contributed by atoms with Gasteiger partial charge in [0.2, 0.25) is 0 Å². The Balaban J connectivity index is 0.000000423. The quantitative estimate of drug-likeness (QED) is 0.384. The molecule has 0 saturated carbocycles. The molecule has 0 aromatic heterocycles. The molecular weight excluding hydrogens is 274 g/mol. The van der Waals surface area contributed by atoms with Gasteiger partial charge in [-0.25, -0.2) is 0 Å². The number of aliphatic hydroxyl groups is 5. The molecule has 0 spiro atoms. The zero-order valence-electron chi connectivity index (χ0n) is 12.1. The SMILES string of the molecule is C=Cc1ccccc1.CNCC(O)C(O)C(O)C(O)CO. The minimum absolute atomic E-state index is 0.0936. The molecule has 120 valence electrons. The fourth-order valence-corrected chi connectivity index (χ4v) is 1.48. The van der Waals surface area contributed by atoms with E-state index in [4.69, 9.17) is 20.4 Å². The maximum absolute atomic E-state index is 9.21. The Kier molecular flexibility index (Phi) is 10.7. The van der Waals surface area contributed by atoms with E-state index in [0.29, 0.717) is 0 Å². The van der Waals surface area contributed by atoms with Gasteiger partial charge in [-0.2, -0.15) is 0 Å². The molecule has 4 atom stereocenters. The molecule has 1 rings (SSSR count). The molecule has 0 bridgehead atoms. The van der Waals surface area contributed by atoms with Gasteiger partial charge in [0.1, 0.15) is 18.3 Å². The number of benzene rings is 1. The summed E-state index contributed by atoms with van der Waals surface area (Å²) in [6, 6.07) is 10.0. The second-order valence-corrected chi connectivity index (χ2v) is 4.47. The van der Waals surface area contributed by atoms with Crippen LogP contribution in [0.15, 0.2) is 36.9 Å². The molecule has 4 unspecified atom stereocenters. The van der Waals surface area contributed by atoms with Crippen molar-refractivity contribution in [2.24, 2.45) is 0 Å². The molecule has 0 aliphatic heterocycles. The van der Waals surface area contributed by atoms with Crippen LogP contribution in [0.25, 0.3) is 6.08 Å². The van der Waals surface area contributed by atoms with E-state index < -0.39 is 31.0 Å². The second-order valence-electron chi connectivity index (χ2n) is 4.47. The summed E-state index contributed by atoms with van der Waals surface area (Å²) in [6.07, 6.45) is -3.81. The Labute approximate surface area is 125 Å². The third kappa shape index (κ3) is 7.91. The van der Waals surface area contributed by atoms with Gasteiger partial charge in [-0.15, -0.1) is 0 Å². The van der Waals surface area contributed by atoms with Crippen LogP contribution < -0.4 is 5.32 Å². The first kappa shape index (κ1) is 19.7. The van der Waals surface area contributed by atoms with Crippen molar-refractivity contribution < 1.29 is 25.5 Å². The van der Waals surface area contributed by atoms with Crippen molar-refractivity contribution in [3.63, 3.8) is 0 Å². The maximum Gasteiger partial charge on any atom is 0.111 e. The first-order valence-corrected chi connectivity index (χ1v) is 6.63. The molecule has 0 heterocycles. The lowest BCUT2D eigenvalue weighted by atomic mass is 10.0. The standard InChI is InChI=1S/C8H8.C7H17NO5/c1-2-8-6-4-3-5-7-8;1-8-2-4(10)6(12)7(13)5(11)3-9/h2-7H,1H2;4-13H,2-3H2,1H3. The minimum Gasteiger partial charge on any atom is -0.394 e. The number of likely N-dealkylation sites (N-methyl/N-ethyl adjacent to an activating group) is 1. The number of nitrogens with one attached hydrogen (secondary N) is 1. The second kappa shape index (κ2) is 11.4. The van der Waals surface area contributed by atoms with Gasteiger partial charge >= 0.3 is 0 Å². The van der Waals surface area contributed by atoms with E-state index >= 15 is 0 Å². The molecule has 0 saturated heterocycles. The molecule has 21 heavy (non-hydrogen) atoms. The summed E-state index contributed by atoms with van der Waals surface area (Å²) in [5, 5.41) is 47.5. The van der Waals surface area contributed by atoms with Crippen LogP contribution in [-0.2, 0) is 0 Å².